The first-order chi connectivity index (χ1) is 12.2. The Balaban J connectivity index is 1.89. The maximum atomic E-state index is 13.4. The third-order valence-corrected chi connectivity index (χ3v) is 3.87. The van der Waals surface area contributed by atoms with Gasteiger partial charge in [-0.25, -0.2) is 4.39 Å². The molecule has 0 fully saturated rings. The van der Waals surface area contributed by atoms with Crippen LogP contribution in [0.5, 0.6) is 0 Å². The van der Waals surface area contributed by atoms with Gasteiger partial charge < -0.3 is 10.1 Å². The molecule has 2 aromatic rings. The maximum Gasteiger partial charge on any atom is 0.411 e. The van der Waals surface area contributed by atoms with E-state index < -0.39 is 24.5 Å². The van der Waals surface area contributed by atoms with E-state index in [2.05, 4.69) is 10.1 Å². The zero-order valence-electron chi connectivity index (χ0n) is 13.2. The van der Waals surface area contributed by atoms with Crippen LogP contribution in [-0.4, -0.2) is 18.7 Å². The Bertz CT molecular complexity index is 780. The predicted octanol–water partition coefficient (Wildman–Crippen LogP) is 5.14. The molecule has 0 saturated heterocycles. The summed E-state index contributed by atoms with van der Waals surface area (Å²) in [4.78, 5) is 12.1. The number of carbonyl (C=O) groups is 1. The number of hydrogen-bond donors (Lipinski definition) is 1. The number of hydrogen-bond acceptors (Lipinski definition) is 2. The number of ether oxygens (including phenoxy) is 1. The van der Waals surface area contributed by atoms with Crippen LogP contribution in [0.1, 0.15) is 21.5 Å². The highest BCUT2D eigenvalue weighted by molar-refractivity contribution is 6.36. The van der Waals surface area contributed by atoms with Crippen molar-refractivity contribution >= 4 is 29.1 Å². The van der Waals surface area contributed by atoms with E-state index in [4.69, 9.17) is 23.2 Å². The molecule has 2 aromatic carbocycles. The Kier molecular flexibility index (Phi) is 6.86. The molecule has 0 heterocycles. The zero-order chi connectivity index (χ0) is 19.3. The third-order valence-electron chi connectivity index (χ3n) is 3.27. The Hall–Kier alpha value is -1.83. The number of alkyl halides is 3. The van der Waals surface area contributed by atoms with Crippen LogP contribution in [0.3, 0.4) is 0 Å². The molecule has 0 aliphatic carbocycles. The van der Waals surface area contributed by atoms with E-state index in [9.17, 15) is 22.4 Å². The van der Waals surface area contributed by atoms with Crippen molar-refractivity contribution in [3.63, 3.8) is 0 Å². The van der Waals surface area contributed by atoms with Gasteiger partial charge in [-0.15, -0.1) is 0 Å². The van der Waals surface area contributed by atoms with Gasteiger partial charge in [0, 0.05) is 6.54 Å². The van der Waals surface area contributed by atoms with Crippen molar-refractivity contribution in [2.24, 2.45) is 0 Å². The molecule has 0 spiro atoms. The molecule has 0 saturated carbocycles. The minimum atomic E-state index is -4.37. The van der Waals surface area contributed by atoms with Crippen LogP contribution in [0.25, 0.3) is 0 Å². The smallest absolute Gasteiger partial charge is 0.367 e. The Morgan fingerprint density at radius 3 is 2.27 bits per heavy atom. The second kappa shape index (κ2) is 8.70. The number of nitrogens with one attached hydrogen (secondary N) is 1. The standard InChI is InChI=1S/C17H13Cl2F4NO2/c18-13-6-14(19)15(20)5-12(13)16(25)24-7-10-1-3-11(4-2-10)8-26-9-17(21,22)23/h1-6H,7-9H2,(H,24,25). The number of carbonyl (C=O) groups excluding carboxylic acids is 1. The van der Waals surface area contributed by atoms with Crippen molar-refractivity contribution in [1.29, 1.82) is 0 Å². The van der Waals surface area contributed by atoms with E-state index in [1.807, 2.05) is 0 Å². The second-order valence-corrected chi connectivity index (χ2v) is 6.17. The molecular formula is C17H13Cl2F4NO2. The van der Waals surface area contributed by atoms with Crippen LogP contribution in [0, 0.1) is 5.82 Å². The predicted molar refractivity (Wildman–Crippen MR) is 89.7 cm³/mol. The van der Waals surface area contributed by atoms with Crippen molar-refractivity contribution in [2.45, 2.75) is 19.3 Å². The molecule has 0 radical (unpaired) electrons. The molecule has 1 N–H and O–H groups in total. The Labute approximate surface area is 156 Å². The van der Waals surface area contributed by atoms with Gasteiger partial charge >= 0.3 is 6.18 Å². The molecule has 26 heavy (non-hydrogen) atoms. The summed E-state index contributed by atoms with van der Waals surface area (Å²) in [6.45, 7) is -1.36. The summed E-state index contributed by atoms with van der Waals surface area (Å²) in [6.07, 6.45) is -4.37. The van der Waals surface area contributed by atoms with Crippen LogP contribution in [0.2, 0.25) is 10.0 Å². The molecule has 0 atom stereocenters. The van der Waals surface area contributed by atoms with E-state index in [0.717, 1.165) is 12.1 Å². The summed E-state index contributed by atoms with van der Waals surface area (Å²) in [5, 5.41) is 2.41. The lowest BCUT2D eigenvalue weighted by Crippen LogP contribution is -2.23. The van der Waals surface area contributed by atoms with Gasteiger partial charge in [0.2, 0.25) is 0 Å². The molecule has 0 aromatic heterocycles. The van der Waals surface area contributed by atoms with Crippen LogP contribution in [0.15, 0.2) is 36.4 Å². The lowest BCUT2D eigenvalue weighted by molar-refractivity contribution is -0.176. The molecule has 2 rings (SSSR count). The largest absolute Gasteiger partial charge is 0.411 e. The Morgan fingerprint density at radius 2 is 1.65 bits per heavy atom. The minimum Gasteiger partial charge on any atom is -0.367 e. The van der Waals surface area contributed by atoms with Crippen molar-refractivity contribution < 1.29 is 27.1 Å². The van der Waals surface area contributed by atoms with Gasteiger partial charge in [0.1, 0.15) is 12.4 Å². The van der Waals surface area contributed by atoms with Crippen molar-refractivity contribution in [3.8, 4) is 0 Å². The summed E-state index contributed by atoms with van der Waals surface area (Å²) in [5.41, 5.74) is 1.21. The van der Waals surface area contributed by atoms with Gasteiger partial charge in [-0.3, -0.25) is 4.79 Å². The number of amides is 1. The van der Waals surface area contributed by atoms with Gasteiger partial charge in [-0.05, 0) is 23.3 Å². The number of halogens is 6. The number of rotatable bonds is 6. The van der Waals surface area contributed by atoms with Gasteiger partial charge in [-0.1, -0.05) is 47.5 Å². The molecular weight excluding hydrogens is 397 g/mol. The van der Waals surface area contributed by atoms with Crippen molar-refractivity contribution in [2.75, 3.05) is 6.61 Å². The summed E-state index contributed by atoms with van der Waals surface area (Å²) >= 11 is 11.4. The monoisotopic (exact) mass is 409 g/mol. The van der Waals surface area contributed by atoms with Crippen LogP contribution in [-0.2, 0) is 17.9 Å². The summed E-state index contributed by atoms with van der Waals surface area (Å²) in [6, 6.07) is 8.54. The molecule has 0 aliphatic rings. The molecule has 0 bridgehead atoms. The average Bonchev–Trinajstić information content (AvgIpc) is 2.56. The maximum absolute atomic E-state index is 13.4. The highest BCUT2D eigenvalue weighted by atomic mass is 35.5. The van der Waals surface area contributed by atoms with E-state index in [1.54, 1.807) is 24.3 Å². The molecule has 3 nitrogen and oxygen atoms in total. The first-order valence-electron chi connectivity index (χ1n) is 7.31. The Morgan fingerprint density at radius 1 is 1.04 bits per heavy atom. The molecule has 140 valence electrons. The molecule has 0 aliphatic heterocycles. The lowest BCUT2D eigenvalue weighted by atomic mass is 10.1. The fourth-order valence-electron chi connectivity index (χ4n) is 2.01. The normalized spacial score (nSPS) is 11.5. The SMILES string of the molecule is O=C(NCc1ccc(COCC(F)(F)F)cc1)c1cc(F)c(Cl)cc1Cl. The summed E-state index contributed by atoms with van der Waals surface area (Å²) in [5.74, 6) is -1.34. The fraction of sp³-hybridized carbons (Fsp3) is 0.235. The first-order valence-corrected chi connectivity index (χ1v) is 8.06. The summed E-state index contributed by atoms with van der Waals surface area (Å²) in [7, 11) is 0. The summed E-state index contributed by atoms with van der Waals surface area (Å²) < 4.78 is 54.0. The van der Waals surface area contributed by atoms with Gasteiger partial charge in [0.25, 0.3) is 5.91 Å². The second-order valence-electron chi connectivity index (χ2n) is 5.35. The van der Waals surface area contributed by atoms with Gasteiger partial charge in [-0.2, -0.15) is 13.2 Å². The minimum absolute atomic E-state index is 0.0195. The third kappa shape index (κ3) is 6.16. The molecule has 1 amide bonds. The van der Waals surface area contributed by atoms with Crippen molar-refractivity contribution in [3.05, 3.63) is 69.0 Å². The van der Waals surface area contributed by atoms with Gasteiger partial charge in [0.05, 0.1) is 22.2 Å². The van der Waals surface area contributed by atoms with E-state index >= 15 is 0 Å². The van der Waals surface area contributed by atoms with Crippen molar-refractivity contribution in [1.82, 2.24) is 5.32 Å². The average molecular weight is 410 g/mol. The fourth-order valence-corrected chi connectivity index (χ4v) is 2.48. The van der Waals surface area contributed by atoms with E-state index in [-0.39, 0.29) is 28.8 Å². The number of benzene rings is 2. The lowest BCUT2D eigenvalue weighted by Gasteiger charge is -2.09. The molecule has 9 heteroatoms. The van der Waals surface area contributed by atoms with E-state index in [0.29, 0.717) is 11.1 Å². The van der Waals surface area contributed by atoms with E-state index in [1.165, 1.54) is 0 Å². The highest BCUT2D eigenvalue weighted by Crippen LogP contribution is 2.24. The van der Waals surface area contributed by atoms with Crippen LogP contribution < -0.4 is 5.32 Å². The topological polar surface area (TPSA) is 38.3 Å². The highest BCUT2D eigenvalue weighted by Gasteiger charge is 2.27. The molecule has 0 unspecified atom stereocenters. The quantitative estimate of drug-likeness (QED) is 0.529. The first kappa shape index (κ1) is 20.5. The van der Waals surface area contributed by atoms with Crippen LogP contribution >= 0.6 is 23.2 Å². The van der Waals surface area contributed by atoms with Crippen LogP contribution in [0.4, 0.5) is 17.6 Å². The van der Waals surface area contributed by atoms with Gasteiger partial charge in [0.15, 0.2) is 0 Å². The zero-order valence-corrected chi connectivity index (χ0v) is 14.7.